The van der Waals surface area contributed by atoms with Crippen molar-refractivity contribution in [1.82, 2.24) is 10.2 Å². The van der Waals surface area contributed by atoms with Crippen LogP contribution < -0.4 is 5.32 Å². The highest BCUT2D eigenvalue weighted by atomic mass is 16.3. The minimum absolute atomic E-state index is 0.0226. The van der Waals surface area contributed by atoms with Crippen molar-refractivity contribution in [2.75, 3.05) is 32.8 Å². The van der Waals surface area contributed by atoms with E-state index < -0.39 is 0 Å². The van der Waals surface area contributed by atoms with E-state index >= 15 is 0 Å². The van der Waals surface area contributed by atoms with Gasteiger partial charge >= 0.3 is 0 Å². The number of likely N-dealkylation sites (tertiary alicyclic amines) is 1. The van der Waals surface area contributed by atoms with Crippen LogP contribution in [0.1, 0.15) is 33.1 Å². The van der Waals surface area contributed by atoms with Crippen molar-refractivity contribution in [1.29, 1.82) is 0 Å². The van der Waals surface area contributed by atoms with E-state index in [1.54, 1.807) is 0 Å². The lowest BCUT2D eigenvalue weighted by Crippen LogP contribution is -2.35. The van der Waals surface area contributed by atoms with E-state index in [2.05, 4.69) is 24.1 Å². The maximum atomic E-state index is 9.16. The lowest BCUT2D eigenvalue weighted by Gasteiger charge is -2.23. The zero-order valence-corrected chi connectivity index (χ0v) is 10.7. The third-order valence-electron chi connectivity index (χ3n) is 3.85. The Morgan fingerprint density at radius 2 is 2.06 bits per heavy atom. The predicted octanol–water partition coefficient (Wildman–Crippen LogP) is 1.08. The molecule has 2 fully saturated rings. The topological polar surface area (TPSA) is 35.5 Å². The van der Waals surface area contributed by atoms with Gasteiger partial charge in [-0.25, -0.2) is 0 Å². The van der Waals surface area contributed by atoms with Crippen molar-refractivity contribution < 1.29 is 5.11 Å². The van der Waals surface area contributed by atoms with Crippen molar-refractivity contribution in [3.8, 4) is 0 Å². The first kappa shape index (κ1) is 12.3. The quantitative estimate of drug-likeness (QED) is 0.711. The van der Waals surface area contributed by atoms with Gasteiger partial charge in [-0.3, -0.25) is 0 Å². The molecule has 1 unspecified atom stereocenters. The first-order valence-corrected chi connectivity index (χ1v) is 6.66. The summed E-state index contributed by atoms with van der Waals surface area (Å²) in [6, 6.07) is 0.930. The van der Waals surface area contributed by atoms with E-state index in [-0.39, 0.29) is 12.0 Å². The molecule has 1 aliphatic heterocycles. The SMILES string of the molecule is CC(C)(CO)CNCC1CCN(C2CC2)C1. The summed E-state index contributed by atoms with van der Waals surface area (Å²) in [6.45, 7) is 9.10. The van der Waals surface area contributed by atoms with E-state index in [0.717, 1.165) is 25.0 Å². The molecule has 3 heteroatoms. The lowest BCUT2D eigenvalue weighted by atomic mass is 9.95. The molecule has 0 aromatic rings. The normalized spacial score (nSPS) is 27.6. The smallest absolute Gasteiger partial charge is 0.0494 e. The van der Waals surface area contributed by atoms with Gasteiger partial charge in [-0.15, -0.1) is 0 Å². The highest BCUT2D eigenvalue weighted by molar-refractivity contribution is 4.90. The largest absolute Gasteiger partial charge is 0.396 e. The number of aliphatic hydroxyl groups is 1. The maximum absolute atomic E-state index is 9.16. The molecule has 1 saturated carbocycles. The second kappa shape index (κ2) is 5.03. The Hall–Kier alpha value is -0.120. The highest BCUT2D eigenvalue weighted by Crippen LogP contribution is 2.31. The summed E-state index contributed by atoms with van der Waals surface area (Å²) in [5.74, 6) is 0.829. The minimum Gasteiger partial charge on any atom is -0.396 e. The van der Waals surface area contributed by atoms with Gasteiger partial charge in [-0.2, -0.15) is 0 Å². The summed E-state index contributed by atoms with van der Waals surface area (Å²) in [5.41, 5.74) is 0.0226. The number of aliphatic hydroxyl groups excluding tert-OH is 1. The Morgan fingerprint density at radius 1 is 1.31 bits per heavy atom. The molecule has 0 radical (unpaired) electrons. The average Bonchev–Trinajstić information content (AvgIpc) is 3.00. The van der Waals surface area contributed by atoms with Crippen molar-refractivity contribution in [3.05, 3.63) is 0 Å². The first-order valence-electron chi connectivity index (χ1n) is 6.66. The number of nitrogens with zero attached hydrogens (tertiary/aromatic N) is 1. The first-order chi connectivity index (χ1) is 7.61. The molecule has 0 spiro atoms. The standard InChI is InChI=1S/C13H26N2O/c1-13(2,10-16)9-14-7-11-5-6-15(8-11)12-3-4-12/h11-12,14,16H,3-10H2,1-2H3. The zero-order valence-electron chi connectivity index (χ0n) is 10.7. The second-order valence-electron chi connectivity index (χ2n) is 6.33. The van der Waals surface area contributed by atoms with Crippen LogP contribution in [0.25, 0.3) is 0 Å². The molecule has 3 nitrogen and oxygen atoms in total. The number of hydrogen-bond acceptors (Lipinski definition) is 3. The highest BCUT2D eigenvalue weighted by Gasteiger charge is 2.34. The van der Waals surface area contributed by atoms with Crippen molar-refractivity contribution in [2.24, 2.45) is 11.3 Å². The van der Waals surface area contributed by atoms with Crippen LogP contribution in [0.15, 0.2) is 0 Å². The molecule has 0 amide bonds. The van der Waals surface area contributed by atoms with Gasteiger partial charge < -0.3 is 15.3 Å². The zero-order chi connectivity index (χ0) is 11.6. The summed E-state index contributed by atoms with van der Waals surface area (Å²) >= 11 is 0. The Kier molecular flexibility index (Phi) is 3.88. The van der Waals surface area contributed by atoms with Gasteiger partial charge in [0.2, 0.25) is 0 Å². The summed E-state index contributed by atoms with van der Waals surface area (Å²) in [7, 11) is 0. The van der Waals surface area contributed by atoms with Crippen LogP contribution in [0.2, 0.25) is 0 Å². The summed E-state index contributed by atoms with van der Waals surface area (Å²) in [6.07, 6.45) is 4.21. The fourth-order valence-electron chi connectivity index (χ4n) is 2.47. The van der Waals surface area contributed by atoms with E-state index in [4.69, 9.17) is 5.11 Å². The van der Waals surface area contributed by atoms with Crippen LogP contribution in [0, 0.1) is 11.3 Å². The predicted molar refractivity (Wildman–Crippen MR) is 66.4 cm³/mol. The molecular weight excluding hydrogens is 200 g/mol. The molecule has 0 aromatic heterocycles. The third-order valence-corrected chi connectivity index (χ3v) is 3.85. The molecule has 2 rings (SSSR count). The lowest BCUT2D eigenvalue weighted by molar-refractivity contribution is 0.155. The molecule has 0 bridgehead atoms. The van der Waals surface area contributed by atoms with Crippen molar-refractivity contribution >= 4 is 0 Å². The van der Waals surface area contributed by atoms with E-state index in [1.165, 1.54) is 32.4 Å². The van der Waals surface area contributed by atoms with E-state index in [1.807, 2.05) is 0 Å². The van der Waals surface area contributed by atoms with E-state index in [9.17, 15) is 0 Å². The van der Waals surface area contributed by atoms with E-state index in [0.29, 0.717) is 0 Å². The van der Waals surface area contributed by atoms with Gasteiger partial charge in [0.25, 0.3) is 0 Å². The van der Waals surface area contributed by atoms with Crippen LogP contribution in [0.3, 0.4) is 0 Å². The summed E-state index contributed by atoms with van der Waals surface area (Å²) in [5, 5.41) is 12.7. The van der Waals surface area contributed by atoms with Crippen LogP contribution >= 0.6 is 0 Å². The van der Waals surface area contributed by atoms with Crippen LogP contribution in [0.5, 0.6) is 0 Å². The van der Waals surface area contributed by atoms with Crippen molar-refractivity contribution in [3.63, 3.8) is 0 Å². The average molecular weight is 226 g/mol. The number of hydrogen-bond donors (Lipinski definition) is 2. The minimum atomic E-state index is 0.0226. The van der Waals surface area contributed by atoms with Gasteiger partial charge in [-0.05, 0) is 38.3 Å². The fourth-order valence-corrected chi connectivity index (χ4v) is 2.47. The second-order valence-corrected chi connectivity index (χ2v) is 6.33. The molecule has 1 atom stereocenters. The number of rotatable bonds is 6. The fraction of sp³-hybridized carbons (Fsp3) is 1.00. The van der Waals surface area contributed by atoms with Gasteiger partial charge in [0.15, 0.2) is 0 Å². The molecule has 94 valence electrons. The monoisotopic (exact) mass is 226 g/mol. The summed E-state index contributed by atoms with van der Waals surface area (Å²) < 4.78 is 0. The van der Waals surface area contributed by atoms with Crippen LogP contribution in [-0.2, 0) is 0 Å². The molecule has 16 heavy (non-hydrogen) atoms. The van der Waals surface area contributed by atoms with Gasteiger partial charge in [0.05, 0.1) is 0 Å². The Morgan fingerprint density at radius 3 is 2.69 bits per heavy atom. The van der Waals surface area contributed by atoms with Crippen LogP contribution in [-0.4, -0.2) is 48.8 Å². The van der Waals surface area contributed by atoms with Crippen LogP contribution in [0.4, 0.5) is 0 Å². The van der Waals surface area contributed by atoms with Gasteiger partial charge in [0, 0.05) is 31.2 Å². The molecular formula is C13H26N2O. The Labute approximate surface area is 99.2 Å². The Bertz CT molecular complexity index is 226. The molecule has 1 heterocycles. The molecule has 2 aliphatic rings. The van der Waals surface area contributed by atoms with Crippen molar-refractivity contribution in [2.45, 2.75) is 39.2 Å². The molecule has 1 saturated heterocycles. The Balaban J connectivity index is 1.60. The number of nitrogens with one attached hydrogen (secondary N) is 1. The van der Waals surface area contributed by atoms with Gasteiger partial charge in [-0.1, -0.05) is 13.8 Å². The molecule has 0 aromatic carbocycles. The molecule has 2 N–H and O–H groups in total. The maximum Gasteiger partial charge on any atom is 0.0494 e. The summed E-state index contributed by atoms with van der Waals surface area (Å²) in [4.78, 5) is 2.66. The van der Waals surface area contributed by atoms with Gasteiger partial charge in [0.1, 0.15) is 0 Å². The molecule has 1 aliphatic carbocycles. The third kappa shape index (κ3) is 3.44.